The molecule has 1 heterocycles. The lowest BCUT2D eigenvalue weighted by atomic mass is 9.81. The van der Waals surface area contributed by atoms with E-state index in [1.54, 1.807) is 13.3 Å². The zero-order valence-corrected chi connectivity index (χ0v) is 15.2. The molecule has 6 nitrogen and oxygen atoms in total. The van der Waals surface area contributed by atoms with Crippen LogP contribution in [-0.2, 0) is 5.41 Å². The van der Waals surface area contributed by atoms with Crippen LogP contribution in [0, 0.1) is 0 Å². The Bertz CT molecular complexity index is 750. The molecule has 138 valence electrons. The number of nitrogens with one attached hydrogen (secondary N) is 1. The largest absolute Gasteiger partial charge is 0.497 e. The van der Waals surface area contributed by atoms with Crippen molar-refractivity contribution in [2.45, 2.75) is 44.2 Å². The molecular weight excluding hydrogens is 332 g/mol. The van der Waals surface area contributed by atoms with Gasteiger partial charge in [-0.2, -0.15) is 0 Å². The van der Waals surface area contributed by atoms with Crippen molar-refractivity contribution in [1.29, 1.82) is 0 Å². The van der Waals surface area contributed by atoms with Gasteiger partial charge in [0.1, 0.15) is 17.6 Å². The van der Waals surface area contributed by atoms with Crippen LogP contribution in [0.25, 0.3) is 0 Å². The molecule has 1 aliphatic rings. The molecule has 3 rings (SSSR count). The van der Waals surface area contributed by atoms with Crippen LogP contribution < -0.4 is 14.8 Å². The summed E-state index contributed by atoms with van der Waals surface area (Å²) in [5.41, 5.74) is 1.87. The average Bonchev–Trinajstić information content (AvgIpc) is 2.60. The van der Waals surface area contributed by atoms with Gasteiger partial charge in [0.05, 0.1) is 19.0 Å². The highest BCUT2D eigenvalue weighted by molar-refractivity contribution is 5.65. The monoisotopic (exact) mass is 356 g/mol. The van der Waals surface area contributed by atoms with Crippen LogP contribution >= 0.6 is 0 Å². The Kier molecular flexibility index (Phi) is 5.02. The fourth-order valence-corrected chi connectivity index (χ4v) is 3.12. The highest BCUT2D eigenvalue weighted by Crippen LogP contribution is 2.32. The van der Waals surface area contributed by atoms with Gasteiger partial charge < -0.3 is 19.9 Å². The highest BCUT2D eigenvalue weighted by Gasteiger charge is 2.32. The van der Waals surface area contributed by atoms with Gasteiger partial charge in [0.25, 0.3) is 0 Å². The van der Waals surface area contributed by atoms with Gasteiger partial charge in [0.15, 0.2) is 0 Å². The van der Waals surface area contributed by atoms with Crippen molar-refractivity contribution in [2.24, 2.45) is 0 Å². The molecule has 0 atom stereocenters. The van der Waals surface area contributed by atoms with Crippen LogP contribution in [0.5, 0.6) is 11.5 Å². The number of aromatic nitrogens is 1. The zero-order valence-electron chi connectivity index (χ0n) is 15.2. The van der Waals surface area contributed by atoms with Gasteiger partial charge in [0.2, 0.25) is 0 Å². The van der Waals surface area contributed by atoms with E-state index in [0.717, 1.165) is 17.0 Å². The molecule has 1 saturated carbocycles. The summed E-state index contributed by atoms with van der Waals surface area (Å²) in [7, 11) is 1.66. The van der Waals surface area contributed by atoms with Crippen molar-refractivity contribution in [3.8, 4) is 11.5 Å². The summed E-state index contributed by atoms with van der Waals surface area (Å²) in [6, 6.07) is 11.9. The Labute approximate surface area is 153 Å². The van der Waals surface area contributed by atoms with E-state index < -0.39 is 6.09 Å². The lowest BCUT2D eigenvalue weighted by Gasteiger charge is -2.35. The standard InChI is InChI=1S/C20H24N2O4/c1-20(2,13-4-6-15(25-3)7-5-13)18-9-8-16(12-21-18)26-17-10-14(11-17)22-19(23)24/h4-9,12,14,17,22H,10-11H2,1-3H3,(H,23,24)/t14-,17+. The predicted octanol–water partition coefficient (Wildman–Crippen LogP) is 3.59. The molecular formula is C20H24N2O4. The zero-order chi connectivity index (χ0) is 18.7. The maximum Gasteiger partial charge on any atom is 0.404 e. The molecule has 1 amide bonds. The fraction of sp³-hybridized carbons (Fsp3) is 0.400. The molecule has 0 bridgehead atoms. The first-order valence-corrected chi connectivity index (χ1v) is 8.65. The number of hydrogen-bond donors (Lipinski definition) is 2. The maximum absolute atomic E-state index is 10.6. The Balaban J connectivity index is 1.62. The summed E-state index contributed by atoms with van der Waals surface area (Å²) in [6.45, 7) is 4.26. The second-order valence-corrected chi connectivity index (χ2v) is 7.09. The third-order valence-electron chi connectivity index (χ3n) is 4.91. The number of methoxy groups -OCH3 is 1. The summed E-state index contributed by atoms with van der Waals surface area (Å²) in [5, 5.41) is 11.1. The Hall–Kier alpha value is -2.76. The first-order chi connectivity index (χ1) is 12.4. The number of pyridine rings is 1. The highest BCUT2D eigenvalue weighted by atomic mass is 16.5. The quantitative estimate of drug-likeness (QED) is 0.827. The number of amides is 1. The Morgan fingerprint density at radius 1 is 1.15 bits per heavy atom. The van der Waals surface area contributed by atoms with Crippen LogP contribution in [0.15, 0.2) is 42.6 Å². The van der Waals surface area contributed by atoms with E-state index in [-0.39, 0.29) is 17.6 Å². The number of rotatable bonds is 6. The van der Waals surface area contributed by atoms with E-state index in [2.05, 4.69) is 36.3 Å². The van der Waals surface area contributed by atoms with Gasteiger partial charge in [-0.3, -0.25) is 4.98 Å². The van der Waals surface area contributed by atoms with Crippen molar-refractivity contribution in [2.75, 3.05) is 7.11 Å². The molecule has 1 aliphatic carbocycles. The average molecular weight is 356 g/mol. The number of benzene rings is 1. The molecule has 0 radical (unpaired) electrons. The Morgan fingerprint density at radius 3 is 2.35 bits per heavy atom. The molecule has 0 spiro atoms. The van der Waals surface area contributed by atoms with E-state index in [1.807, 2.05) is 24.3 Å². The van der Waals surface area contributed by atoms with Crippen molar-refractivity contribution < 1.29 is 19.4 Å². The van der Waals surface area contributed by atoms with Crippen LogP contribution in [0.4, 0.5) is 4.79 Å². The first-order valence-electron chi connectivity index (χ1n) is 8.65. The number of carbonyl (C=O) groups is 1. The van der Waals surface area contributed by atoms with Gasteiger partial charge in [-0.15, -0.1) is 0 Å². The van der Waals surface area contributed by atoms with Crippen LogP contribution in [0.2, 0.25) is 0 Å². The van der Waals surface area contributed by atoms with Crippen molar-refractivity contribution in [1.82, 2.24) is 10.3 Å². The normalized spacial score (nSPS) is 19.3. The summed E-state index contributed by atoms with van der Waals surface area (Å²) in [5.74, 6) is 1.54. The van der Waals surface area contributed by atoms with Gasteiger partial charge in [-0.25, -0.2) is 4.79 Å². The maximum atomic E-state index is 10.6. The topological polar surface area (TPSA) is 80.7 Å². The van der Waals surface area contributed by atoms with Crippen LogP contribution in [0.1, 0.15) is 37.9 Å². The second-order valence-electron chi connectivity index (χ2n) is 7.09. The molecule has 0 saturated heterocycles. The van der Waals surface area contributed by atoms with Gasteiger partial charge >= 0.3 is 6.09 Å². The molecule has 1 aromatic carbocycles. The fourth-order valence-electron chi connectivity index (χ4n) is 3.12. The number of hydrogen-bond acceptors (Lipinski definition) is 4. The van der Waals surface area contributed by atoms with E-state index in [1.165, 1.54) is 0 Å². The predicted molar refractivity (Wildman–Crippen MR) is 98.0 cm³/mol. The van der Waals surface area contributed by atoms with E-state index >= 15 is 0 Å². The first kappa shape index (κ1) is 18.0. The van der Waals surface area contributed by atoms with Gasteiger partial charge in [-0.1, -0.05) is 26.0 Å². The third kappa shape index (κ3) is 3.90. The minimum Gasteiger partial charge on any atom is -0.497 e. The van der Waals surface area contributed by atoms with Gasteiger partial charge in [-0.05, 0) is 29.8 Å². The molecule has 26 heavy (non-hydrogen) atoms. The van der Waals surface area contributed by atoms with Crippen molar-refractivity contribution in [3.05, 3.63) is 53.9 Å². The minimum atomic E-state index is -0.986. The second kappa shape index (κ2) is 7.23. The summed E-state index contributed by atoms with van der Waals surface area (Å²) in [6.07, 6.45) is 2.16. The number of nitrogens with zero attached hydrogens (tertiary/aromatic N) is 1. The summed E-state index contributed by atoms with van der Waals surface area (Å²) in [4.78, 5) is 15.2. The van der Waals surface area contributed by atoms with Crippen LogP contribution in [0.3, 0.4) is 0 Å². The molecule has 1 aromatic heterocycles. The molecule has 0 unspecified atom stereocenters. The molecule has 2 aromatic rings. The summed E-state index contributed by atoms with van der Waals surface area (Å²) < 4.78 is 11.1. The molecule has 0 aliphatic heterocycles. The molecule has 2 N–H and O–H groups in total. The number of carboxylic acid groups (broad SMARTS) is 1. The Morgan fingerprint density at radius 2 is 1.81 bits per heavy atom. The van der Waals surface area contributed by atoms with Crippen LogP contribution in [-0.4, -0.2) is 35.4 Å². The van der Waals surface area contributed by atoms with E-state index in [9.17, 15) is 4.79 Å². The van der Waals surface area contributed by atoms with E-state index in [4.69, 9.17) is 14.6 Å². The van der Waals surface area contributed by atoms with Crippen molar-refractivity contribution >= 4 is 6.09 Å². The van der Waals surface area contributed by atoms with Crippen molar-refractivity contribution in [3.63, 3.8) is 0 Å². The third-order valence-corrected chi connectivity index (χ3v) is 4.91. The van der Waals surface area contributed by atoms with Gasteiger partial charge in [0, 0.05) is 24.3 Å². The molecule has 1 fully saturated rings. The molecule has 6 heteroatoms. The number of ether oxygens (including phenoxy) is 2. The summed E-state index contributed by atoms with van der Waals surface area (Å²) >= 11 is 0. The minimum absolute atomic E-state index is 0.0151. The SMILES string of the molecule is COc1ccc(C(C)(C)c2ccc(O[C@H]3C[C@@H](NC(=O)O)C3)cn2)cc1. The lowest BCUT2D eigenvalue weighted by Crippen LogP contribution is -2.48. The lowest BCUT2D eigenvalue weighted by molar-refractivity contribution is 0.0830. The smallest absolute Gasteiger partial charge is 0.404 e. The van der Waals surface area contributed by atoms with E-state index in [0.29, 0.717) is 18.6 Å².